The van der Waals surface area contributed by atoms with Gasteiger partial charge in [0.1, 0.15) is 4.90 Å². The van der Waals surface area contributed by atoms with E-state index in [4.69, 9.17) is 5.73 Å². The Labute approximate surface area is 176 Å². The van der Waals surface area contributed by atoms with Gasteiger partial charge in [-0.05, 0) is 59.9 Å². The van der Waals surface area contributed by atoms with E-state index in [1.807, 2.05) is 36.4 Å². The summed E-state index contributed by atoms with van der Waals surface area (Å²) in [4.78, 5) is 8.38. The van der Waals surface area contributed by atoms with Crippen molar-refractivity contribution in [1.29, 1.82) is 0 Å². The van der Waals surface area contributed by atoms with Gasteiger partial charge in [-0.3, -0.25) is 9.97 Å². The summed E-state index contributed by atoms with van der Waals surface area (Å²) < 4.78 is 27.8. The average molecular weight is 419 g/mol. The van der Waals surface area contributed by atoms with Crippen molar-refractivity contribution >= 4 is 21.3 Å². The predicted molar refractivity (Wildman–Crippen MR) is 119 cm³/mol. The number of anilines is 1. The number of nitrogens with zero attached hydrogens (tertiary/aromatic N) is 2. The lowest BCUT2D eigenvalue weighted by Crippen LogP contribution is -2.25. The van der Waals surface area contributed by atoms with Gasteiger partial charge in [-0.1, -0.05) is 24.8 Å². The third kappa shape index (κ3) is 4.32. The van der Waals surface area contributed by atoms with Crippen LogP contribution in [0, 0.1) is 0 Å². The number of nitrogens with two attached hydrogens (primary N) is 1. The molecule has 152 valence electrons. The lowest BCUT2D eigenvalue weighted by atomic mass is 9.94. The average Bonchev–Trinajstić information content (AvgIpc) is 3.57. The van der Waals surface area contributed by atoms with Gasteiger partial charge in [-0.2, -0.15) is 0 Å². The highest BCUT2D eigenvalue weighted by atomic mass is 32.2. The van der Waals surface area contributed by atoms with Crippen molar-refractivity contribution in [3.63, 3.8) is 0 Å². The Hall–Kier alpha value is -3.29. The maximum Gasteiger partial charge on any atom is 0.242 e. The zero-order valence-electron chi connectivity index (χ0n) is 16.3. The second-order valence-electron chi connectivity index (χ2n) is 7.16. The minimum absolute atomic E-state index is 0.0359. The summed E-state index contributed by atoms with van der Waals surface area (Å²) in [6.45, 7) is 3.81. The summed E-state index contributed by atoms with van der Waals surface area (Å²) in [7, 11) is -3.58. The monoisotopic (exact) mass is 418 g/mol. The SMILES string of the molecule is C=C/C=C(/c1ccncc1)c1cc(-c2cncc(S(=O)(=O)NC3CC3)c2)ccc1N. The molecule has 7 heteroatoms. The molecule has 3 aromatic rings. The molecule has 0 amide bonds. The van der Waals surface area contributed by atoms with E-state index in [0.717, 1.165) is 35.1 Å². The van der Waals surface area contributed by atoms with Crippen molar-refractivity contribution in [2.45, 2.75) is 23.8 Å². The van der Waals surface area contributed by atoms with Crippen LogP contribution in [0.1, 0.15) is 24.0 Å². The zero-order chi connectivity index (χ0) is 21.1. The fourth-order valence-electron chi connectivity index (χ4n) is 3.17. The molecule has 0 spiro atoms. The molecule has 1 aromatic carbocycles. The smallest absolute Gasteiger partial charge is 0.242 e. The quantitative estimate of drug-likeness (QED) is 0.449. The van der Waals surface area contributed by atoms with Gasteiger partial charge < -0.3 is 5.73 Å². The molecule has 0 aliphatic heterocycles. The molecule has 0 unspecified atom stereocenters. The summed E-state index contributed by atoms with van der Waals surface area (Å²) >= 11 is 0. The maximum atomic E-state index is 12.6. The van der Waals surface area contributed by atoms with E-state index in [9.17, 15) is 8.42 Å². The molecule has 1 saturated carbocycles. The van der Waals surface area contributed by atoms with Crippen LogP contribution in [0.15, 0.2) is 84.8 Å². The number of nitrogens with one attached hydrogen (secondary N) is 1. The Morgan fingerprint density at radius 3 is 2.53 bits per heavy atom. The zero-order valence-corrected chi connectivity index (χ0v) is 17.1. The highest BCUT2D eigenvalue weighted by molar-refractivity contribution is 7.89. The Balaban J connectivity index is 1.76. The molecule has 0 bridgehead atoms. The van der Waals surface area contributed by atoms with Crippen LogP contribution >= 0.6 is 0 Å². The van der Waals surface area contributed by atoms with Crippen LogP contribution in [0.4, 0.5) is 5.69 Å². The van der Waals surface area contributed by atoms with Crippen LogP contribution in [-0.2, 0) is 10.0 Å². The Morgan fingerprint density at radius 1 is 1.07 bits per heavy atom. The second kappa shape index (κ2) is 8.22. The largest absolute Gasteiger partial charge is 0.398 e. The van der Waals surface area contributed by atoms with Crippen molar-refractivity contribution in [3.8, 4) is 11.1 Å². The normalized spacial score (nSPS) is 14.5. The lowest BCUT2D eigenvalue weighted by Gasteiger charge is -2.13. The molecular weight excluding hydrogens is 396 g/mol. The van der Waals surface area contributed by atoms with E-state index in [0.29, 0.717) is 11.3 Å². The molecule has 6 nitrogen and oxygen atoms in total. The number of aromatic nitrogens is 2. The van der Waals surface area contributed by atoms with Gasteiger partial charge in [0.15, 0.2) is 0 Å². The fourth-order valence-corrected chi connectivity index (χ4v) is 4.46. The van der Waals surface area contributed by atoms with Crippen molar-refractivity contribution < 1.29 is 8.42 Å². The van der Waals surface area contributed by atoms with Crippen molar-refractivity contribution in [2.75, 3.05) is 5.73 Å². The first-order valence-corrected chi connectivity index (χ1v) is 11.1. The standard InChI is InChI=1S/C23H22N4O2S/c1-2-3-21(16-8-10-25-11-9-16)22-13-17(4-7-23(22)24)18-12-20(15-26-14-18)30(28,29)27-19-5-6-19/h2-4,7-15,19,27H,1,5-6,24H2/b21-3-. The minimum atomic E-state index is -3.58. The highest BCUT2D eigenvalue weighted by Gasteiger charge is 2.28. The first-order chi connectivity index (χ1) is 14.5. The molecule has 0 atom stereocenters. The van der Waals surface area contributed by atoms with Gasteiger partial charge in [-0.25, -0.2) is 13.1 Å². The van der Waals surface area contributed by atoms with Crippen LogP contribution in [-0.4, -0.2) is 24.4 Å². The van der Waals surface area contributed by atoms with Crippen molar-refractivity contribution in [2.24, 2.45) is 0 Å². The van der Waals surface area contributed by atoms with Gasteiger partial charge in [0.2, 0.25) is 10.0 Å². The van der Waals surface area contributed by atoms with Gasteiger partial charge in [0.25, 0.3) is 0 Å². The molecule has 2 aromatic heterocycles. The number of allylic oxidation sites excluding steroid dienone is 2. The summed E-state index contributed by atoms with van der Waals surface area (Å²) in [5, 5.41) is 0. The first-order valence-electron chi connectivity index (χ1n) is 9.59. The van der Waals surface area contributed by atoms with Crippen LogP contribution in [0.5, 0.6) is 0 Å². The fraction of sp³-hybridized carbons (Fsp3) is 0.130. The molecule has 0 radical (unpaired) electrons. The number of hydrogen-bond donors (Lipinski definition) is 2. The molecule has 2 heterocycles. The van der Waals surface area contributed by atoms with Crippen LogP contribution in [0.25, 0.3) is 16.7 Å². The molecular formula is C23H22N4O2S. The molecule has 1 fully saturated rings. The maximum absolute atomic E-state index is 12.6. The van der Waals surface area contributed by atoms with E-state index in [1.54, 1.807) is 30.7 Å². The minimum Gasteiger partial charge on any atom is -0.398 e. The summed E-state index contributed by atoms with van der Waals surface area (Å²) in [5.74, 6) is 0. The number of benzene rings is 1. The lowest BCUT2D eigenvalue weighted by molar-refractivity contribution is 0.580. The number of rotatable bonds is 7. The van der Waals surface area contributed by atoms with E-state index < -0.39 is 10.0 Å². The van der Waals surface area contributed by atoms with Gasteiger partial charge >= 0.3 is 0 Å². The summed E-state index contributed by atoms with van der Waals surface area (Å²) in [6.07, 6.45) is 11.8. The molecule has 1 aliphatic rings. The van der Waals surface area contributed by atoms with Gasteiger partial charge in [0.05, 0.1) is 0 Å². The number of hydrogen-bond acceptors (Lipinski definition) is 5. The third-order valence-electron chi connectivity index (χ3n) is 4.88. The molecule has 1 aliphatic carbocycles. The molecule has 30 heavy (non-hydrogen) atoms. The molecule has 3 N–H and O–H groups in total. The summed E-state index contributed by atoms with van der Waals surface area (Å²) in [6, 6.07) is 11.1. The summed E-state index contributed by atoms with van der Waals surface area (Å²) in [5.41, 5.74) is 11.1. The van der Waals surface area contributed by atoms with Crippen molar-refractivity contribution in [3.05, 3.63) is 91.0 Å². The number of sulfonamides is 1. The third-order valence-corrected chi connectivity index (χ3v) is 6.36. The topological polar surface area (TPSA) is 98.0 Å². The van der Waals surface area contributed by atoms with E-state index >= 15 is 0 Å². The number of pyridine rings is 2. The molecule has 0 saturated heterocycles. The highest BCUT2D eigenvalue weighted by Crippen LogP contribution is 2.32. The Bertz CT molecular complexity index is 1220. The van der Waals surface area contributed by atoms with Crippen LogP contribution < -0.4 is 10.5 Å². The van der Waals surface area contributed by atoms with E-state index in [-0.39, 0.29) is 10.9 Å². The predicted octanol–water partition coefficient (Wildman–Crippen LogP) is 3.78. The first kappa shape index (κ1) is 20.0. The Kier molecular flexibility index (Phi) is 5.48. The van der Waals surface area contributed by atoms with Crippen LogP contribution in [0.2, 0.25) is 0 Å². The van der Waals surface area contributed by atoms with Crippen molar-refractivity contribution in [1.82, 2.24) is 14.7 Å². The van der Waals surface area contributed by atoms with Gasteiger partial charge in [0, 0.05) is 47.6 Å². The second-order valence-corrected chi connectivity index (χ2v) is 8.87. The van der Waals surface area contributed by atoms with E-state index in [1.165, 1.54) is 6.20 Å². The molecule has 4 rings (SSSR count). The number of nitrogen functional groups attached to an aromatic ring is 1. The Morgan fingerprint density at radius 2 is 1.83 bits per heavy atom. The van der Waals surface area contributed by atoms with Gasteiger partial charge in [-0.15, -0.1) is 0 Å². The van der Waals surface area contributed by atoms with Crippen LogP contribution in [0.3, 0.4) is 0 Å². The van der Waals surface area contributed by atoms with E-state index in [2.05, 4.69) is 21.3 Å².